The van der Waals surface area contributed by atoms with E-state index in [1.54, 1.807) is 6.07 Å². The predicted molar refractivity (Wildman–Crippen MR) is 70.0 cm³/mol. The largest absolute Gasteiger partial charge is 0.396 e. The summed E-state index contributed by atoms with van der Waals surface area (Å²) in [5.41, 5.74) is 1.77. The van der Waals surface area contributed by atoms with E-state index in [2.05, 4.69) is 10.2 Å². The van der Waals surface area contributed by atoms with Crippen LogP contribution in [0.4, 0.5) is 4.39 Å². The number of nitrogens with one attached hydrogen (secondary N) is 1. The maximum absolute atomic E-state index is 14.0. The van der Waals surface area contributed by atoms with Crippen molar-refractivity contribution in [1.82, 2.24) is 10.2 Å². The van der Waals surface area contributed by atoms with Gasteiger partial charge in [-0.3, -0.25) is 4.90 Å². The van der Waals surface area contributed by atoms with E-state index >= 15 is 0 Å². The maximum atomic E-state index is 14.0. The van der Waals surface area contributed by atoms with E-state index in [1.165, 1.54) is 6.07 Å². The van der Waals surface area contributed by atoms with Crippen LogP contribution in [0, 0.1) is 12.7 Å². The van der Waals surface area contributed by atoms with Crippen molar-refractivity contribution in [3.05, 3.63) is 35.1 Å². The molecule has 3 nitrogen and oxygen atoms in total. The highest BCUT2D eigenvalue weighted by molar-refractivity contribution is 5.27. The summed E-state index contributed by atoms with van der Waals surface area (Å²) in [6.45, 7) is 5.71. The summed E-state index contributed by atoms with van der Waals surface area (Å²) < 4.78 is 14.0. The SMILES string of the molecule is Cc1ccc(F)c([C@H](CCO)N2CCNCC2)c1. The van der Waals surface area contributed by atoms with Crippen molar-refractivity contribution in [2.75, 3.05) is 32.8 Å². The number of nitrogens with zero attached hydrogens (tertiary/aromatic N) is 1. The van der Waals surface area contributed by atoms with Gasteiger partial charge in [0.05, 0.1) is 0 Å². The first-order valence-corrected chi connectivity index (χ1v) is 6.54. The van der Waals surface area contributed by atoms with Crippen molar-refractivity contribution >= 4 is 0 Å². The lowest BCUT2D eigenvalue weighted by molar-refractivity contribution is 0.138. The highest BCUT2D eigenvalue weighted by Crippen LogP contribution is 2.27. The molecule has 0 bridgehead atoms. The number of aliphatic hydroxyl groups excluding tert-OH is 1. The van der Waals surface area contributed by atoms with E-state index in [4.69, 9.17) is 0 Å². The fourth-order valence-corrected chi connectivity index (χ4v) is 2.57. The summed E-state index contributed by atoms with van der Waals surface area (Å²) in [5.74, 6) is -0.169. The molecular formula is C14H21FN2O. The third-order valence-electron chi connectivity index (χ3n) is 3.51. The van der Waals surface area contributed by atoms with Crippen molar-refractivity contribution < 1.29 is 9.50 Å². The Labute approximate surface area is 108 Å². The van der Waals surface area contributed by atoms with Crippen LogP contribution in [-0.4, -0.2) is 42.8 Å². The van der Waals surface area contributed by atoms with Gasteiger partial charge in [-0.25, -0.2) is 4.39 Å². The highest BCUT2D eigenvalue weighted by Gasteiger charge is 2.24. The van der Waals surface area contributed by atoms with E-state index in [1.807, 2.05) is 13.0 Å². The minimum absolute atomic E-state index is 0.0167. The number of aliphatic hydroxyl groups is 1. The van der Waals surface area contributed by atoms with Gasteiger partial charge >= 0.3 is 0 Å². The first-order valence-electron chi connectivity index (χ1n) is 6.54. The van der Waals surface area contributed by atoms with Crippen molar-refractivity contribution in [3.63, 3.8) is 0 Å². The van der Waals surface area contributed by atoms with E-state index < -0.39 is 0 Å². The smallest absolute Gasteiger partial charge is 0.128 e. The Morgan fingerprint density at radius 1 is 1.39 bits per heavy atom. The zero-order chi connectivity index (χ0) is 13.0. The number of halogens is 1. The molecule has 1 aromatic carbocycles. The van der Waals surface area contributed by atoms with Crippen LogP contribution in [-0.2, 0) is 0 Å². The lowest BCUT2D eigenvalue weighted by atomic mass is 9.99. The number of hydrogen-bond acceptors (Lipinski definition) is 3. The molecule has 0 aliphatic carbocycles. The van der Waals surface area contributed by atoms with Gasteiger partial charge in [-0.15, -0.1) is 0 Å². The molecule has 1 aliphatic heterocycles. The van der Waals surface area contributed by atoms with Crippen LogP contribution in [0.25, 0.3) is 0 Å². The average molecular weight is 252 g/mol. The number of piperazine rings is 1. The van der Waals surface area contributed by atoms with E-state index in [0.29, 0.717) is 12.0 Å². The molecule has 1 aromatic rings. The minimum Gasteiger partial charge on any atom is -0.396 e. The van der Waals surface area contributed by atoms with Crippen LogP contribution in [0.15, 0.2) is 18.2 Å². The van der Waals surface area contributed by atoms with Crippen molar-refractivity contribution in [1.29, 1.82) is 0 Å². The van der Waals surface area contributed by atoms with Gasteiger partial charge in [0.15, 0.2) is 0 Å². The Morgan fingerprint density at radius 2 is 2.11 bits per heavy atom. The van der Waals surface area contributed by atoms with Gasteiger partial charge in [-0.1, -0.05) is 17.7 Å². The molecule has 0 aromatic heterocycles. The average Bonchev–Trinajstić information content (AvgIpc) is 2.40. The third kappa shape index (κ3) is 3.07. The van der Waals surface area contributed by atoms with Crippen molar-refractivity contribution in [2.45, 2.75) is 19.4 Å². The second-order valence-corrected chi connectivity index (χ2v) is 4.84. The molecule has 2 rings (SSSR count). The molecule has 0 spiro atoms. The predicted octanol–water partition coefficient (Wildman–Crippen LogP) is 1.46. The quantitative estimate of drug-likeness (QED) is 0.851. The van der Waals surface area contributed by atoms with Crippen LogP contribution in [0.3, 0.4) is 0 Å². The maximum Gasteiger partial charge on any atom is 0.128 e. The number of rotatable bonds is 4. The summed E-state index contributed by atoms with van der Waals surface area (Å²) in [6.07, 6.45) is 0.584. The zero-order valence-corrected chi connectivity index (χ0v) is 10.8. The van der Waals surface area contributed by atoms with Crippen molar-refractivity contribution in [2.24, 2.45) is 0 Å². The molecule has 0 unspecified atom stereocenters. The van der Waals surface area contributed by atoms with Gasteiger partial charge in [-0.2, -0.15) is 0 Å². The summed E-state index contributed by atoms with van der Waals surface area (Å²) in [6, 6.07) is 5.19. The van der Waals surface area contributed by atoms with E-state index in [9.17, 15) is 9.50 Å². The Hall–Kier alpha value is -0.970. The lowest BCUT2D eigenvalue weighted by Gasteiger charge is -2.35. The van der Waals surface area contributed by atoms with Gasteiger partial charge in [0.25, 0.3) is 0 Å². The summed E-state index contributed by atoms with van der Waals surface area (Å²) >= 11 is 0. The van der Waals surface area contributed by atoms with E-state index in [-0.39, 0.29) is 18.5 Å². The first-order chi connectivity index (χ1) is 8.72. The molecular weight excluding hydrogens is 231 g/mol. The number of benzene rings is 1. The first kappa shape index (κ1) is 13.5. The Morgan fingerprint density at radius 3 is 2.78 bits per heavy atom. The molecule has 0 amide bonds. The zero-order valence-electron chi connectivity index (χ0n) is 10.8. The monoisotopic (exact) mass is 252 g/mol. The Kier molecular flexibility index (Phi) is 4.69. The molecule has 1 fully saturated rings. The van der Waals surface area contributed by atoms with Gasteiger partial charge in [0, 0.05) is 44.4 Å². The minimum atomic E-state index is -0.169. The van der Waals surface area contributed by atoms with Crippen LogP contribution >= 0.6 is 0 Å². The molecule has 18 heavy (non-hydrogen) atoms. The van der Waals surface area contributed by atoms with Crippen LogP contribution in [0.1, 0.15) is 23.6 Å². The summed E-state index contributed by atoms with van der Waals surface area (Å²) in [7, 11) is 0. The van der Waals surface area contributed by atoms with Gasteiger partial charge in [-0.05, 0) is 19.4 Å². The van der Waals surface area contributed by atoms with Gasteiger partial charge in [0.2, 0.25) is 0 Å². The van der Waals surface area contributed by atoms with Crippen LogP contribution in [0.2, 0.25) is 0 Å². The molecule has 1 aliphatic rings. The standard InChI is InChI=1S/C14H21FN2O/c1-11-2-3-13(15)12(10-11)14(4-9-18)17-7-5-16-6-8-17/h2-3,10,14,16,18H,4-9H2,1H3/t14-/m0/s1. The molecule has 2 N–H and O–H groups in total. The summed E-state index contributed by atoms with van der Waals surface area (Å²) in [4.78, 5) is 2.25. The fraction of sp³-hybridized carbons (Fsp3) is 0.571. The molecule has 1 atom stereocenters. The Balaban J connectivity index is 2.24. The topological polar surface area (TPSA) is 35.5 Å². The molecule has 4 heteroatoms. The lowest BCUT2D eigenvalue weighted by Crippen LogP contribution is -2.45. The number of hydrogen-bond donors (Lipinski definition) is 2. The summed E-state index contributed by atoms with van der Waals surface area (Å²) in [5, 5.41) is 12.5. The van der Waals surface area contributed by atoms with E-state index in [0.717, 1.165) is 31.7 Å². The van der Waals surface area contributed by atoms with Crippen LogP contribution < -0.4 is 5.32 Å². The molecule has 1 saturated heterocycles. The van der Waals surface area contributed by atoms with Crippen LogP contribution in [0.5, 0.6) is 0 Å². The fourth-order valence-electron chi connectivity index (χ4n) is 2.57. The molecule has 0 radical (unpaired) electrons. The van der Waals surface area contributed by atoms with Gasteiger partial charge in [0.1, 0.15) is 5.82 Å². The second-order valence-electron chi connectivity index (χ2n) is 4.84. The molecule has 100 valence electrons. The van der Waals surface area contributed by atoms with Crippen molar-refractivity contribution in [3.8, 4) is 0 Å². The molecule has 1 heterocycles. The molecule has 0 saturated carbocycles. The third-order valence-corrected chi connectivity index (χ3v) is 3.51. The second kappa shape index (κ2) is 6.27. The van der Waals surface area contributed by atoms with Gasteiger partial charge < -0.3 is 10.4 Å². The normalized spacial score (nSPS) is 18.8. The highest BCUT2D eigenvalue weighted by atomic mass is 19.1. The number of aryl methyl sites for hydroxylation is 1. The Bertz CT molecular complexity index is 391.